The van der Waals surface area contributed by atoms with E-state index in [-0.39, 0.29) is 17.9 Å². The van der Waals surface area contributed by atoms with Gasteiger partial charge in [-0.15, -0.1) is 0 Å². The molecule has 2 aromatic carbocycles. The van der Waals surface area contributed by atoms with Gasteiger partial charge in [0.25, 0.3) is 0 Å². The zero-order chi connectivity index (χ0) is 16.1. The number of allylic oxidation sites excluding steroid dienone is 2. The lowest BCUT2D eigenvalue weighted by Gasteiger charge is -2.38. The van der Waals surface area contributed by atoms with Gasteiger partial charge in [0, 0.05) is 22.0 Å². The van der Waals surface area contributed by atoms with Crippen LogP contribution in [0.25, 0.3) is 0 Å². The molecule has 0 radical (unpaired) electrons. The van der Waals surface area contributed by atoms with E-state index in [2.05, 4.69) is 11.4 Å². The molecule has 0 aromatic heterocycles. The summed E-state index contributed by atoms with van der Waals surface area (Å²) in [5.74, 6) is -0.977. The van der Waals surface area contributed by atoms with Crippen molar-refractivity contribution in [1.82, 2.24) is 0 Å². The molecule has 2 aromatic rings. The van der Waals surface area contributed by atoms with Crippen LogP contribution in [0.15, 0.2) is 42.5 Å². The Morgan fingerprint density at radius 1 is 1.04 bits per heavy atom. The Hall–Kier alpha value is -1.58. The first-order valence-electron chi connectivity index (χ1n) is 7.41. The van der Waals surface area contributed by atoms with E-state index in [1.54, 1.807) is 12.1 Å². The van der Waals surface area contributed by atoms with Gasteiger partial charge in [0.1, 0.15) is 11.6 Å². The molecule has 0 amide bonds. The van der Waals surface area contributed by atoms with E-state index in [1.165, 1.54) is 6.07 Å². The smallest absolute Gasteiger partial charge is 0.149 e. The van der Waals surface area contributed by atoms with Gasteiger partial charge in [-0.25, -0.2) is 8.78 Å². The van der Waals surface area contributed by atoms with Gasteiger partial charge >= 0.3 is 0 Å². The molecule has 1 nitrogen and oxygen atoms in total. The summed E-state index contributed by atoms with van der Waals surface area (Å²) >= 11 is 12.3. The van der Waals surface area contributed by atoms with Gasteiger partial charge in [0.15, 0.2) is 0 Å². The molecule has 0 unspecified atom stereocenters. The quantitative estimate of drug-likeness (QED) is 0.612. The second-order valence-electron chi connectivity index (χ2n) is 5.99. The fraction of sp³-hybridized carbons (Fsp3) is 0.222. The predicted octanol–water partition coefficient (Wildman–Crippen LogP) is 6.10. The van der Waals surface area contributed by atoms with Crippen molar-refractivity contribution in [2.45, 2.75) is 18.4 Å². The standard InChI is InChI=1S/C18H13Cl2F2N/c19-9-4-5-13(15(20)6-9)17-12-3-1-2-11(12)14-7-10(21)8-16(22)18(14)23-17/h1-2,4-8,11-12,17,23H,3H2/t11-,12-,17+/m1/s1. The number of anilines is 1. The molecule has 0 saturated heterocycles. The van der Waals surface area contributed by atoms with E-state index < -0.39 is 11.6 Å². The molecule has 5 heteroatoms. The van der Waals surface area contributed by atoms with Gasteiger partial charge in [-0.2, -0.15) is 0 Å². The third kappa shape index (κ3) is 2.43. The average molecular weight is 352 g/mol. The lowest BCUT2D eigenvalue weighted by Crippen LogP contribution is -2.30. The average Bonchev–Trinajstić information content (AvgIpc) is 2.97. The number of hydrogen-bond donors (Lipinski definition) is 1. The lowest BCUT2D eigenvalue weighted by atomic mass is 9.77. The van der Waals surface area contributed by atoms with Crippen LogP contribution >= 0.6 is 23.2 Å². The molecule has 1 aliphatic carbocycles. The number of halogens is 4. The molecular weight excluding hydrogens is 339 g/mol. The number of hydrogen-bond acceptors (Lipinski definition) is 1. The fourth-order valence-corrected chi connectivity index (χ4v) is 4.21. The number of fused-ring (bicyclic) bond motifs is 3. The zero-order valence-corrected chi connectivity index (χ0v) is 13.5. The first-order valence-corrected chi connectivity index (χ1v) is 8.17. The highest BCUT2D eigenvalue weighted by Crippen LogP contribution is 2.51. The molecule has 118 valence electrons. The van der Waals surface area contributed by atoms with Crippen LogP contribution in [0.1, 0.15) is 29.5 Å². The Morgan fingerprint density at radius 2 is 1.87 bits per heavy atom. The van der Waals surface area contributed by atoms with Crippen molar-refractivity contribution in [1.29, 1.82) is 0 Å². The molecule has 0 spiro atoms. The number of rotatable bonds is 1. The Balaban J connectivity index is 1.84. The summed E-state index contributed by atoms with van der Waals surface area (Å²) in [7, 11) is 0. The normalized spacial score (nSPS) is 25.0. The third-order valence-electron chi connectivity index (χ3n) is 4.68. The Kier molecular flexibility index (Phi) is 3.58. The van der Waals surface area contributed by atoms with Crippen molar-refractivity contribution in [2.75, 3.05) is 5.32 Å². The van der Waals surface area contributed by atoms with Gasteiger partial charge < -0.3 is 5.32 Å². The van der Waals surface area contributed by atoms with Crippen LogP contribution in [0.4, 0.5) is 14.5 Å². The van der Waals surface area contributed by atoms with E-state index >= 15 is 0 Å². The Labute approximate surface area is 142 Å². The predicted molar refractivity (Wildman–Crippen MR) is 89.2 cm³/mol. The highest BCUT2D eigenvalue weighted by atomic mass is 35.5. The van der Waals surface area contributed by atoms with E-state index in [1.807, 2.05) is 12.1 Å². The highest BCUT2D eigenvalue weighted by molar-refractivity contribution is 6.35. The summed E-state index contributed by atoms with van der Waals surface area (Å²) in [5.41, 5.74) is 1.90. The van der Waals surface area contributed by atoms with Crippen LogP contribution in [-0.4, -0.2) is 0 Å². The minimum Gasteiger partial charge on any atom is -0.375 e. The van der Waals surface area contributed by atoms with E-state index in [9.17, 15) is 8.78 Å². The number of benzene rings is 2. The Bertz CT molecular complexity index is 819. The van der Waals surface area contributed by atoms with Crippen molar-refractivity contribution in [3.05, 3.63) is 75.3 Å². The summed E-state index contributed by atoms with van der Waals surface area (Å²) in [6.45, 7) is 0. The molecule has 0 saturated carbocycles. The molecule has 23 heavy (non-hydrogen) atoms. The molecule has 2 aliphatic rings. The van der Waals surface area contributed by atoms with E-state index in [0.29, 0.717) is 21.3 Å². The topological polar surface area (TPSA) is 12.0 Å². The van der Waals surface area contributed by atoms with Crippen LogP contribution in [0.2, 0.25) is 10.0 Å². The zero-order valence-electron chi connectivity index (χ0n) is 12.0. The molecule has 1 N–H and O–H groups in total. The number of nitrogens with one attached hydrogen (secondary N) is 1. The third-order valence-corrected chi connectivity index (χ3v) is 5.25. The minimum absolute atomic E-state index is 0.0202. The summed E-state index contributed by atoms with van der Waals surface area (Å²) < 4.78 is 27.9. The second kappa shape index (κ2) is 5.50. The van der Waals surface area contributed by atoms with Crippen LogP contribution in [0.3, 0.4) is 0 Å². The van der Waals surface area contributed by atoms with Crippen LogP contribution in [0, 0.1) is 17.6 Å². The lowest BCUT2D eigenvalue weighted by molar-refractivity contribution is 0.418. The molecule has 0 bridgehead atoms. The largest absolute Gasteiger partial charge is 0.375 e. The molecule has 3 atom stereocenters. The van der Waals surface area contributed by atoms with Crippen LogP contribution < -0.4 is 5.32 Å². The molecular formula is C18H13Cl2F2N. The summed E-state index contributed by atoms with van der Waals surface area (Å²) in [5, 5.41) is 4.34. The summed E-state index contributed by atoms with van der Waals surface area (Å²) in [6, 6.07) is 7.51. The van der Waals surface area contributed by atoms with E-state index in [4.69, 9.17) is 23.2 Å². The van der Waals surface area contributed by atoms with Gasteiger partial charge in [-0.05, 0) is 41.7 Å². The first-order chi connectivity index (χ1) is 11.0. The van der Waals surface area contributed by atoms with Gasteiger partial charge in [-0.3, -0.25) is 0 Å². The van der Waals surface area contributed by atoms with Gasteiger partial charge in [-0.1, -0.05) is 41.4 Å². The van der Waals surface area contributed by atoms with Crippen molar-refractivity contribution in [3.8, 4) is 0 Å². The van der Waals surface area contributed by atoms with Crippen LogP contribution in [0.5, 0.6) is 0 Å². The van der Waals surface area contributed by atoms with Gasteiger partial charge in [0.05, 0.1) is 11.7 Å². The second-order valence-corrected chi connectivity index (χ2v) is 6.84. The summed E-state index contributed by atoms with van der Waals surface area (Å²) in [4.78, 5) is 0. The van der Waals surface area contributed by atoms with Crippen molar-refractivity contribution in [3.63, 3.8) is 0 Å². The first kappa shape index (κ1) is 15.0. The fourth-order valence-electron chi connectivity index (χ4n) is 3.68. The van der Waals surface area contributed by atoms with Crippen molar-refractivity contribution >= 4 is 28.9 Å². The maximum atomic E-state index is 14.3. The highest BCUT2D eigenvalue weighted by Gasteiger charge is 2.39. The molecule has 0 fully saturated rings. The monoisotopic (exact) mass is 351 g/mol. The Morgan fingerprint density at radius 3 is 2.65 bits per heavy atom. The SMILES string of the molecule is Fc1cc(F)c2c(c1)[C@@H]1C=CC[C@H]1[C@@H](c1ccc(Cl)cc1Cl)N2. The molecule has 1 heterocycles. The summed E-state index contributed by atoms with van der Waals surface area (Å²) in [6.07, 6.45) is 4.92. The molecule has 4 rings (SSSR count). The minimum atomic E-state index is -0.575. The van der Waals surface area contributed by atoms with Gasteiger partial charge in [0.2, 0.25) is 0 Å². The van der Waals surface area contributed by atoms with Crippen molar-refractivity contribution in [2.24, 2.45) is 5.92 Å². The van der Waals surface area contributed by atoms with Crippen molar-refractivity contribution < 1.29 is 8.78 Å². The molecule has 1 aliphatic heterocycles. The van der Waals surface area contributed by atoms with Crippen LogP contribution in [-0.2, 0) is 0 Å². The maximum absolute atomic E-state index is 14.3. The van der Waals surface area contributed by atoms with E-state index in [0.717, 1.165) is 18.1 Å². The maximum Gasteiger partial charge on any atom is 0.149 e.